The first kappa shape index (κ1) is 10.6. The number of benzene rings is 1. The average molecular weight is 241 g/mol. The van der Waals surface area contributed by atoms with Crippen molar-refractivity contribution in [3.63, 3.8) is 0 Å². The molecular weight excluding hydrogens is 230 g/mol. The molecule has 18 heavy (non-hydrogen) atoms. The van der Waals surface area contributed by atoms with Crippen molar-refractivity contribution in [2.45, 2.75) is 0 Å². The van der Waals surface area contributed by atoms with E-state index in [1.165, 1.54) is 0 Å². The second-order valence-electron chi connectivity index (χ2n) is 4.12. The molecule has 1 aromatic carbocycles. The monoisotopic (exact) mass is 241 g/mol. The van der Waals surface area contributed by atoms with Crippen LogP contribution < -0.4 is 0 Å². The molecule has 3 aromatic rings. The Labute approximate surface area is 103 Å². The maximum atomic E-state index is 10.9. The van der Waals surface area contributed by atoms with Crippen LogP contribution in [0.5, 0.6) is 0 Å². The molecule has 5 nitrogen and oxygen atoms in total. The lowest BCUT2D eigenvalue weighted by atomic mass is 10.1. The van der Waals surface area contributed by atoms with E-state index in [-0.39, 0.29) is 5.69 Å². The molecule has 2 N–H and O–H groups in total. The first-order chi connectivity index (χ1) is 8.65. The second kappa shape index (κ2) is 3.73. The summed E-state index contributed by atoms with van der Waals surface area (Å²) in [4.78, 5) is 14.0. The van der Waals surface area contributed by atoms with Crippen LogP contribution in [0.3, 0.4) is 0 Å². The van der Waals surface area contributed by atoms with Crippen LogP contribution >= 0.6 is 0 Å². The minimum Gasteiger partial charge on any atom is -0.476 e. The predicted octanol–water partition coefficient (Wildman–Crippen LogP) is 2.27. The van der Waals surface area contributed by atoms with E-state index >= 15 is 0 Å². The van der Waals surface area contributed by atoms with Crippen LogP contribution in [-0.4, -0.2) is 25.8 Å². The summed E-state index contributed by atoms with van der Waals surface area (Å²) < 4.78 is 1.58. The van der Waals surface area contributed by atoms with Crippen molar-refractivity contribution in [1.29, 1.82) is 0 Å². The smallest absolute Gasteiger partial charge is 0.356 e. The van der Waals surface area contributed by atoms with Gasteiger partial charge in [-0.05, 0) is 24.3 Å². The third kappa shape index (κ3) is 1.57. The fourth-order valence-electron chi connectivity index (χ4n) is 2.05. The van der Waals surface area contributed by atoms with Gasteiger partial charge in [-0.25, -0.2) is 4.79 Å². The zero-order valence-electron chi connectivity index (χ0n) is 9.71. The number of fused-ring (bicyclic) bond motifs is 1. The lowest BCUT2D eigenvalue weighted by Crippen LogP contribution is -1.99. The highest BCUT2D eigenvalue weighted by Gasteiger charge is 2.12. The Morgan fingerprint density at radius 3 is 2.89 bits per heavy atom. The van der Waals surface area contributed by atoms with Gasteiger partial charge in [-0.1, -0.05) is 6.07 Å². The van der Waals surface area contributed by atoms with E-state index in [1.807, 2.05) is 30.5 Å². The van der Waals surface area contributed by atoms with E-state index in [0.29, 0.717) is 0 Å². The van der Waals surface area contributed by atoms with Crippen molar-refractivity contribution in [3.8, 4) is 11.3 Å². The van der Waals surface area contributed by atoms with E-state index in [2.05, 4.69) is 10.1 Å². The van der Waals surface area contributed by atoms with Gasteiger partial charge in [0, 0.05) is 29.7 Å². The summed E-state index contributed by atoms with van der Waals surface area (Å²) in [6.45, 7) is 0. The summed E-state index contributed by atoms with van der Waals surface area (Å²) in [6.07, 6.45) is 1.88. The number of aromatic nitrogens is 3. The van der Waals surface area contributed by atoms with Crippen molar-refractivity contribution in [3.05, 3.63) is 42.2 Å². The van der Waals surface area contributed by atoms with E-state index in [4.69, 9.17) is 5.11 Å². The predicted molar refractivity (Wildman–Crippen MR) is 67.5 cm³/mol. The van der Waals surface area contributed by atoms with Crippen molar-refractivity contribution in [1.82, 2.24) is 14.8 Å². The van der Waals surface area contributed by atoms with Crippen LogP contribution in [0.4, 0.5) is 0 Å². The Bertz CT molecular complexity index is 740. The lowest BCUT2D eigenvalue weighted by molar-refractivity contribution is 0.0689. The van der Waals surface area contributed by atoms with Crippen molar-refractivity contribution < 1.29 is 9.90 Å². The largest absolute Gasteiger partial charge is 0.476 e. The summed E-state index contributed by atoms with van der Waals surface area (Å²) in [5.74, 6) is -1.01. The molecule has 0 atom stereocenters. The van der Waals surface area contributed by atoms with Gasteiger partial charge in [0.2, 0.25) is 0 Å². The molecule has 0 unspecified atom stereocenters. The molecule has 0 saturated carbocycles. The van der Waals surface area contributed by atoms with Crippen LogP contribution in [0.2, 0.25) is 0 Å². The summed E-state index contributed by atoms with van der Waals surface area (Å²) >= 11 is 0. The normalized spacial score (nSPS) is 10.9. The van der Waals surface area contributed by atoms with Crippen LogP contribution in [0, 0.1) is 0 Å². The fourth-order valence-corrected chi connectivity index (χ4v) is 2.05. The van der Waals surface area contributed by atoms with Gasteiger partial charge in [-0.3, -0.25) is 4.68 Å². The Morgan fingerprint density at radius 1 is 1.33 bits per heavy atom. The number of hydrogen-bond donors (Lipinski definition) is 2. The summed E-state index contributed by atoms with van der Waals surface area (Å²) in [5.41, 5.74) is 2.85. The number of carboxylic acids is 1. The van der Waals surface area contributed by atoms with Gasteiger partial charge < -0.3 is 10.1 Å². The van der Waals surface area contributed by atoms with Crippen LogP contribution in [0.25, 0.3) is 22.2 Å². The van der Waals surface area contributed by atoms with Crippen LogP contribution in [0.1, 0.15) is 10.5 Å². The number of nitrogens with one attached hydrogen (secondary N) is 1. The molecule has 0 saturated heterocycles. The SMILES string of the molecule is Cn1nc(C(=O)O)cc1-c1ccc2[nH]ccc2c1. The van der Waals surface area contributed by atoms with Crippen LogP contribution in [-0.2, 0) is 7.05 Å². The molecule has 3 rings (SSSR count). The quantitative estimate of drug-likeness (QED) is 0.723. The number of aromatic amines is 1. The third-order valence-corrected chi connectivity index (χ3v) is 2.95. The second-order valence-corrected chi connectivity index (χ2v) is 4.12. The molecule has 0 spiro atoms. The summed E-state index contributed by atoms with van der Waals surface area (Å²) in [5, 5.41) is 14.0. The molecule has 0 aliphatic rings. The summed E-state index contributed by atoms with van der Waals surface area (Å²) in [6, 6.07) is 9.48. The van der Waals surface area contributed by atoms with Crippen molar-refractivity contribution in [2.24, 2.45) is 7.05 Å². The zero-order valence-corrected chi connectivity index (χ0v) is 9.71. The van der Waals surface area contributed by atoms with Gasteiger partial charge in [0.25, 0.3) is 0 Å². The Kier molecular flexibility index (Phi) is 2.19. The van der Waals surface area contributed by atoms with Gasteiger partial charge in [0.15, 0.2) is 5.69 Å². The highest BCUT2D eigenvalue weighted by Crippen LogP contribution is 2.24. The van der Waals surface area contributed by atoms with E-state index in [0.717, 1.165) is 22.2 Å². The summed E-state index contributed by atoms with van der Waals surface area (Å²) in [7, 11) is 1.74. The highest BCUT2D eigenvalue weighted by atomic mass is 16.4. The van der Waals surface area contributed by atoms with E-state index in [1.54, 1.807) is 17.8 Å². The van der Waals surface area contributed by atoms with E-state index in [9.17, 15) is 4.79 Å². The van der Waals surface area contributed by atoms with Gasteiger partial charge in [0.1, 0.15) is 0 Å². The average Bonchev–Trinajstić information content (AvgIpc) is 2.93. The Hall–Kier alpha value is -2.56. The molecule has 90 valence electrons. The first-order valence-corrected chi connectivity index (χ1v) is 5.50. The standard InChI is InChI=1S/C13H11N3O2/c1-16-12(7-11(15-16)13(17)18)9-2-3-10-8(6-9)4-5-14-10/h2-7,14H,1H3,(H,17,18). The molecule has 5 heteroatoms. The molecule has 2 heterocycles. The molecule has 0 amide bonds. The number of carboxylic acid groups (broad SMARTS) is 1. The van der Waals surface area contributed by atoms with Gasteiger partial charge in [-0.15, -0.1) is 0 Å². The van der Waals surface area contributed by atoms with Gasteiger partial charge in [0.05, 0.1) is 5.69 Å². The number of aryl methyl sites for hydroxylation is 1. The Morgan fingerprint density at radius 2 is 2.17 bits per heavy atom. The number of carbonyl (C=O) groups is 1. The molecule has 0 bridgehead atoms. The maximum absolute atomic E-state index is 10.9. The van der Waals surface area contributed by atoms with Crippen molar-refractivity contribution in [2.75, 3.05) is 0 Å². The molecule has 0 aliphatic carbocycles. The molecule has 0 fully saturated rings. The zero-order chi connectivity index (χ0) is 12.7. The van der Waals surface area contributed by atoms with Gasteiger partial charge >= 0.3 is 5.97 Å². The molecule has 0 aliphatic heterocycles. The number of H-pyrrole nitrogens is 1. The number of nitrogens with zero attached hydrogens (tertiary/aromatic N) is 2. The minimum absolute atomic E-state index is 0.0571. The van der Waals surface area contributed by atoms with E-state index < -0.39 is 5.97 Å². The van der Waals surface area contributed by atoms with Gasteiger partial charge in [-0.2, -0.15) is 5.10 Å². The number of rotatable bonds is 2. The molecule has 2 aromatic heterocycles. The maximum Gasteiger partial charge on any atom is 0.356 e. The first-order valence-electron chi connectivity index (χ1n) is 5.50. The van der Waals surface area contributed by atoms with Crippen molar-refractivity contribution >= 4 is 16.9 Å². The number of aromatic carboxylic acids is 1. The fraction of sp³-hybridized carbons (Fsp3) is 0.0769. The third-order valence-electron chi connectivity index (χ3n) is 2.95. The highest BCUT2D eigenvalue weighted by molar-refractivity contribution is 5.88. The molecular formula is C13H11N3O2. The topological polar surface area (TPSA) is 70.9 Å². The van der Waals surface area contributed by atoms with Crippen LogP contribution in [0.15, 0.2) is 36.5 Å². The lowest BCUT2D eigenvalue weighted by Gasteiger charge is -2.01. The Balaban J connectivity index is 2.15. The molecule has 0 radical (unpaired) electrons. The number of hydrogen-bond acceptors (Lipinski definition) is 2. The minimum atomic E-state index is -1.01.